The molecule has 1 amide bonds. The molecule has 1 aromatic heterocycles. The minimum atomic E-state index is -0.540. The molecular formula is C31H31ClFN3O4. The number of nitrogens with zero attached hydrogens (tertiary/aromatic N) is 2. The number of fused-ring (bicyclic) bond motifs is 3. The summed E-state index contributed by atoms with van der Waals surface area (Å²) >= 11 is 6.32. The Morgan fingerprint density at radius 1 is 1.02 bits per heavy atom. The average molecular weight is 564 g/mol. The topological polar surface area (TPSA) is 67.0 Å². The molecule has 1 unspecified atom stereocenters. The Morgan fingerprint density at radius 2 is 1.85 bits per heavy atom. The molecule has 0 saturated carbocycles. The number of H-pyrrole nitrogens is 1. The van der Waals surface area contributed by atoms with Gasteiger partial charge in [0.1, 0.15) is 23.4 Å². The number of aromatic amines is 1. The SMILES string of the molecule is O=C(Oc1cccc(F)c1)N1CCc2c([nH]c3ccc(Cl)cc23)C1c1ccc(OCCCN2CCOCC2)cc1. The van der Waals surface area contributed by atoms with Crippen molar-refractivity contribution in [2.45, 2.75) is 18.9 Å². The molecule has 0 radical (unpaired) electrons. The molecule has 40 heavy (non-hydrogen) atoms. The van der Waals surface area contributed by atoms with Gasteiger partial charge in [-0.1, -0.05) is 29.8 Å². The molecule has 1 saturated heterocycles. The van der Waals surface area contributed by atoms with Crippen LogP contribution in [0.3, 0.4) is 0 Å². The summed E-state index contributed by atoms with van der Waals surface area (Å²) in [6, 6.07) is 18.8. The Balaban J connectivity index is 1.23. The molecule has 9 heteroatoms. The van der Waals surface area contributed by atoms with Gasteiger partial charge in [0.25, 0.3) is 0 Å². The number of carbonyl (C=O) groups excluding carboxylic acids is 1. The highest BCUT2D eigenvalue weighted by Crippen LogP contribution is 2.40. The molecule has 3 heterocycles. The van der Waals surface area contributed by atoms with Crippen LogP contribution in [0, 0.1) is 5.82 Å². The first-order valence-electron chi connectivity index (χ1n) is 13.6. The fourth-order valence-corrected chi connectivity index (χ4v) is 5.72. The first-order valence-corrected chi connectivity index (χ1v) is 14.0. The molecule has 0 bridgehead atoms. The monoisotopic (exact) mass is 563 g/mol. The Bertz CT molecular complexity index is 1490. The van der Waals surface area contributed by atoms with Gasteiger partial charge in [0.15, 0.2) is 0 Å². The largest absolute Gasteiger partial charge is 0.494 e. The molecule has 2 aliphatic rings. The maximum absolute atomic E-state index is 13.8. The van der Waals surface area contributed by atoms with Gasteiger partial charge in [-0.25, -0.2) is 9.18 Å². The van der Waals surface area contributed by atoms with Gasteiger partial charge in [0.05, 0.1) is 19.8 Å². The Labute approximate surface area is 237 Å². The first-order chi connectivity index (χ1) is 19.5. The van der Waals surface area contributed by atoms with Crippen molar-refractivity contribution in [3.63, 3.8) is 0 Å². The number of ether oxygens (including phenoxy) is 3. The second kappa shape index (κ2) is 11.9. The second-order valence-electron chi connectivity index (χ2n) is 10.1. The molecule has 7 nitrogen and oxygen atoms in total. The summed E-state index contributed by atoms with van der Waals surface area (Å²) in [6.45, 7) is 5.57. The van der Waals surface area contributed by atoms with Gasteiger partial charge in [-0.2, -0.15) is 0 Å². The van der Waals surface area contributed by atoms with E-state index in [2.05, 4.69) is 9.88 Å². The normalized spacial score (nSPS) is 17.6. The highest BCUT2D eigenvalue weighted by molar-refractivity contribution is 6.31. The molecule has 0 spiro atoms. The third kappa shape index (κ3) is 5.80. The average Bonchev–Trinajstić information content (AvgIpc) is 3.33. The molecule has 1 fully saturated rings. The van der Waals surface area contributed by atoms with Crippen LogP contribution in [0.5, 0.6) is 11.5 Å². The number of aromatic nitrogens is 1. The van der Waals surface area contributed by atoms with Crippen molar-refractivity contribution in [3.8, 4) is 11.5 Å². The predicted octanol–water partition coefficient (Wildman–Crippen LogP) is 6.21. The van der Waals surface area contributed by atoms with Crippen molar-refractivity contribution in [1.29, 1.82) is 0 Å². The van der Waals surface area contributed by atoms with Gasteiger partial charge >= 0.3 is 6.09 Å². The van der Waals surface area contributed by atoms with Crippen LogP contribution < -0.4 is 9.47 Å². The van der Waals surface area contributed by atoms with E-state index in [1.54, 1.807) is 11.0 Å². The molecule has 208 valence electrons. The third-order valence-electron chi connectivity index (χ3n) is 7.51. The van der Waals surface area contributed by atoms with Crippen molar-refractivity contribution >= 4 is 28.6 Å². The zero-order valence-electron chi connectivity index (χ0n) is 22.1. The quantitative estimate of drug-likeness (QED) is 0.271. The van der Waals surface area contributed by atoms with Crippen LogP contribution in [0.4, 0.5) is 9.18 Å². The summed E-state index contributed by atoms with van der Waals surface area (Å²) in [5.74, 6) is 0.480. The number of hydrogen-bond donors (Lipinski definition) is 1. The number of halogens is 2. The van der Waals surface area contributed by atoms with Crippen LogP contribution in [0.2, 0.25) is 5.02 Å². The van der Waals surface area contributed by atoms with Gasteiger partial charge in [-0.15, -0.1) is 0 Å². The molecular weight excluding hydrogens is 533 g/mol. The fourth-order valence-electron chi connectivity index (χ4n) is 5.54. The Morgan fingerprint density at radius 3 is 2.65 bits per heavy atom. The molecule has 1 atom stereocenters. The smallest absolute Gasteiger partial charge is 0.416 e. The third-order valence-corrected chi connectivity index (χ3v) is 7.75. The number of benzene rings is 3. The van der Waals surface area contributed by atoms with E-state index in [1.807, 2.05) is 42.5 Å². The summed E-state index contributed by atoms with van der Waals surface area (Å²) < 4.78 is 30.8. The number of amides is 1. The van der Waals surface area contributed by atoms with E-state index >= 15 is 0 Å². The minimum absolute atomic E-state index is 0.166. The fraction of sp³-hybridized carbons (Fsp3) is 0.323. The molecule has 3 aromatic carbocycles. The summed E-state index contributed by atoms with van der Waals surface area (Å²) in [5.41, 5.74) is 3.91. The van der Waals surface area contributed by atoms with Crippen LogP contribution in [-0.4, -0.2) is 66.9 Å². The van der Waals surface area contributed by atoms with E-state index < -0.39 is 18.0 Å². The van der Waals surface area contributed by atoms with Crippen LogP contribution in [-0.2, 0) is 11.2 Å². The zero-order chi connectivity index (χ0) is 27.5. The second-order valence-corrected chi connectivity index (χ2v) is 10.5. The molecule has 4 aromatic rings. The summed E-state index contributed by atoms with van der Waals surface area (Å²) in [5, 5.41) is 1.71. The van der Waals surface area contributed by atoms with Crippen molar-refractivity contribution in [2.24, 2.45) is 0 Å². The Hall–Kier alpha value is -3.59. The van der Waals surface area contributed by atoms with E-state index in [0.29, 0.717) is 24.6 Å². The van der Waals surface area contributed by atoms with Gasteiger partial charge in [-0.3, -0.25) is 9.80 Å². The van der Waals surface area contributed by atoms with Crippen molar-refractivity contribution < 1.29 is 23.4 Å². The summed E-state index contributed by atoms with van der Waals surface area (Å²) in [6.07, 6.45) is 1.03. The lowest BCUT2D eigenvalue weighted by Crippen LogP contribution is -2.42. The van der Waals surface area contributed by atoms with E-state index in [4.69, 9.17) is 25.8 Å². The summed E-state index contributed by atoms with van der Waals surface area (Å²) in [4.78, 5) is 21.0. The lowest BCUT2D eigenvalue weighted by molar-refractivity contribution is 0.0358. The number of morpholine rings is 1. The highest BCUT2D eigenvalue weighted by atomic mass is 35.5. The summed E-state index contributed by atoms with van der Waals surface area (Å²) in [7, 11) is 0. The molecule has 6 rings (SSSR count). The number of hydrogen-bond acceptors (Lipinski definition) is 5. The first kappa shape index (κ1) is 26.6. The van der Waals surface area contributed by atoms with Crippen molar-refractivity contribution in [1.82, 2.24) is 14.8 Å². The van der Waals surface area contributed by atoms with Gasteiger partial charge in [0, 0.05) is 53.9 Å². The van der Waals surface area contributed by atoms with Gasteiger partial charge in [0.2, 0.25) is 0 Å². The van der Waals surface area contributed by atoms with Gasteiger partial charge in [-0.05, 0) is 66.4 Å². The van der Waals surface area contributed by atoms with E-state index in [-0.39, 0.29) is 5.75 Å². The maximum atomic E-state index is 13.8. The number of carbonyl (C=O) groups is 1. The van der Waals surface area contributed by atoms with Crippen LogP contribution in [0.1, 0.15) is 29.3 Å². The van der Waals surface area contributed by atoms with Crippen LogP contribution in [0.25, 0.3) is 10.9 Å². The highest BCUT2D eigenvalue weighted by Gasteiger charge is 2.36. The van der Waals surface area contributed by atoms with Crippen LogP contribution >= 0.6 is 11.6 Å². The zero-order valence-corrected chi connectivity index (χ0v) is 22.8. The van der Waals surface area contributed by atoms with Crippen molar-refractivity contribution in [2.75, 3.05) is 46.0 Å². The van der Waals surface area contributed by atoms with E-state index in [0.717, 1.165) is 72.7 Å². The molecule has 2 aliphatic heterocycles. The number of rotatable bonds is 7. The maximum Gasteiger partial charge on any atom is 0.416 e. The van der Waals surface area contributed by atoms with Gasteiger partial charge < -0.3 is 19.2 Å². The van der Waals surface area contributed by atoms with E-state index in [9.17, 15) is 9.18 Å². The predicted molar refractivity (Wildman–Crippen MR) is 152 cm³/mol. The minimum Gasteiger partial charge on any atom is -0.494 e. The van der Waals surface area contributed by atoms with E-state index in [1.165, 1.54) is 18.2 Å². The standard InChI is InChI=1S/C31H31ClFN3O4/c32-22-7-10-28-27(19-22)26-11-13-36(31(37)40-25-4-1-3-23(33)20-25)30(29(26)34-28)21-5-8-24(9-6-21)39-16-2-12-35-14-17-38-18-15-35/h1,3-10,19-20,30,34H,2,11-18H2. The molecule has 1 N–H and O–H groups in total. The molecule has 0 aliphatic carbocycles. The lowest BCUT2D eigenvalue weighted by Gasteiger charge is -2.35. The van der Waals surface area contributed by atoms with Crippen LogP contribution in [0.15, 0.2) is 66.7 Å². The number of nitrogens with one attached hydrogen (secondary N) is 1. The Kier molecular flexibility index (Phi) is 7.91. The lowest BCUT2D eigenvalue weighted by atomic mass is 9.92. The van der Waals surface area contributed by atoms with Crippen molar-refractivity contribution in [3.05, 3.63) is 94.4 Å².